The van der Waals surface area contributed by atoms with Gasteiger partial charge in [0.05, 0.1) is 6.10 Å². The Kier molecular flexibility index (Phi) is 3.23. The molecule has 1 aliphatic carbocycles. The minimum absolute atomic E-state index is 0.554. The molecule has 0 spiro atoms. The summed E-state index contributed by atoms with van der Waals surface area (Å²) in [5, 5.41) is 3.45. The Balaban J connectivity index is 1.75. The van der Waals surface area contributed by atoms with E-state index in [9.17, 15) is 0 Å². The summed E-state index contributed by atoms with van der Waals surface area (Å²) in [6.07, 6.45) is 8.64. The maximum atomic E-state index is 5.66. The molecule has 2 nitrogen and oxygen atoms in total. The van der Waals surface area contributed by atoms with E-state index in [4.69, 9.17) is 4.74 Å². The van der Waals surface area contributed by atoms with Crippen molar-refractivity contribution in [2.24, 2.45) is 5.92 Å². The van der Waals surface area contributed by atoms with E-state index in [2.05, 4.69) is 12.4 Å². The van der Waals surface area contributed by atoms with E-state index in [0.29, 0.717) is 6.10 Å². The third kappa shape index (κ3) is 2.23. The van der Waals surface area contributed by atoms with Crippen molar-refractivity contribution in [2.45, 2.75) is 50.7 Å². The highest BCUT2D eigenvalue weighted by Gasteiger charge is 2.29. The van der Waals surface area contributed by atoms with Gasteiger partial charge in [-0.3, -0.25) is 0 Å². The first-order chi connectivity index (χ1) is 6.40. The number of rotatable bonds is 4. The first-order valence-corrected chi connectivity index (χ1v) is 5.69. The van der Waals surface area contributed by atoms with Crippen LogP contribution in [0.15, 0.2) is 0 Å². The van der Waals surface area contributed by atoms with Crippen molar-refractivity contribution in [1.82, 2.24) is 5.32 Å². The van der Waals surface area contributed by atoms with Crippen LogP contribution < -0.4 is 5.32 Å². The first kappa shape index (κ1) is 9.47. The molecule has 2 unspecified atom stereocenters. The summed E-state index contributed by atoms with van der Waals surface area (Å²) < 4.78 is 5.66. The summed E-state index contributed by atoms with van der Waals surface area (Å²) >= 11 is 0. The Morgan fingerprint density at radius 2 is 2.15 bits per heavy atom. The Morgan fingerprint density at radius 1 is 1.31 bits per heavy atom. The van der Waals surface area contributed by atoms with E-state index in [1.807, 2.05) is 0 Å². The van der Waals surface area contributed by atoms with E-state index in [0.717, 1.165) is 18.6 Å². The molecule has 76 valence electrons. The van der Waals surface area contributed by atoms with E-state index < -0.39 is 0 Å². The van der Waals surface area contributed by atoms with E-state index in [-0.39, 0.29) is 0 Å². The molecule has 2 rings (SSSR count). The van der Waals surface area contributed by atoms with Crippen molar-refractivity contribution in [3.05, 3.63) is 0 Å². The highest BCUT2D eigenvalue weighted by atomic mass is 16.5. The average Bonchev–Trinajstić information content (AvgIpc) is 2.52. The Bertz CT molecular complexity index is 150. The van der Waals surface area contributed by atoms with Crippen molar-refractivity contribution in [3.8, 4) is 0 Å². The van der Waals surface area contributed by atoms with Crippen LogP contribution in [0.4, 0.5) is 0 Å². The standard InChI is InChI=1S/C11H21NO/c1-12-11(9-4-2-5-9)8-10-6-3-7-13-10/h9-12H,2-8H2,1H3. The van der Waals surface area contributed by atoms with Gasteiger partial charge in [0, 0.05) is 12.6 Å². The lowest BCUT2D eigenvalue weighted by molar-refractivity contribution is 0.0792. The monoisotopic (exact) mass is 183 g/mol. The fraction of sp³-hybridized carbons (Fsp3) is 1.00. The van der Waals surface area contributed by atoms with Gasteiger partial charge in [0.25, 0.3) is 0 Å². The highest BCUT2D eigenvalue weighted by molar-refractivity contribution is 4.84. The van der Waals surface area contributed by atoms with Crippen LogP contribution >= 0.6 is 0 Å². The third-order valence-corrected chi connectivity index (χ3v) is 3.63. The molecule has 0 aromatic heterocycles. The molecule has 2 heteroatoms. The van der Waals surface area contributed by atoms with Gasteiger partial charge in [-0.15, -0.1) is 0 Å². The fourth-order valence-corrected chi connectivity index (χ4v) is 2.50. The topological polar surface area (TPSA) is 21.3 Å². The van der Waals surface area contributed by atoms with Crippen LogP contribution in [0.25, 0.3) is 0 Å². The van der Waals surface area contributed by atoms with Gasteiger partial charge in [-0.25, -0.2) is 0 Å². The predicted octanol–water partition coefficient (Wildman–Crippen LogP) is 1.94. The maximum absolute atomic E-state index is 5.66. The largest absolute Gasteiger partial charge is 0.378 e. The summed E-state index contributed by atoms with van der Waals surface area (Å²) in [5.41, 5.74) is 0. The smallest absolute Gasteiger partial charge is 0.0590 e. The second kappa shape index (κ2) is 4.43. The van der Waals surface area contributed by atoms with Crippen molar-refractivity contribution in [2.75, 3.05) is 13.7 Å². The molecule has 1 saturated carbocycles. The summed E-state index contributed by atoms with van der Waals surface area (Å²) in [6.45, 7) is 0.992. The maximum Gasteiger partial charge on any atom is 0.0590 e. The lowest BCUT2D eigenvalue weighted by atomic mass is 9.78. The van der Waals surface area contributed by atoms with Gasteiger partial charge in [0.1, 0.15) is 0 Å². The quantitative estimate of drug-likeness (QED) is 0.719. The number of hydrogen-bond acceptors (Lipinski definition) is 2. The second-order valence-corrected chi connectivity index (χ2v) is 4.46. The van der Waals surface area contributed by atoms with E-state index >= 15 is 0 Å². The Hall–Kier alpha value is -0.0800. The molecule has 0 radical (unpaired) electrons. The molecule has 2 fully saturated rings. The Labute approximate surface area is 81.0 Å². The normalized spacial score (nSPS) is 31.6. The highest BCUT2D eigenvalue weighted by Crippen LogP contribution is 2.32. The number of ether oxygens (including phenoxy) is 1. The molecule has 1 heterocycles. The molecule has 0 amide bonds. The zero-order valence-corrected chi connectivity index (χ0v) is 8.59. The van der Waals surface area contributed by atoms with Gasteiger partial charge in [-0.05, 0) is 45.1 Å². The van der Waals surface area contributed by atoms with Gasteiger partial charge < -0.3 is 10.1 Å². The van der Waals surface area contributed by atoms with Crippen LogP contribution in [-0.2, 0) is 4.74 Å². The van der Waals surface area contributed by atoms with Gasteiger partial charge in [0.2, 0.25) is 0 Å². The van der Waals surface area contributed by atoms with Gasteiger partial charge in [-0.1, -0.05) is 6.42 Å². The summed E-state index contributed by atoms with van der Waals surface area (Å²) in [7, 11) is 2.10. The summed E-state index contributed by atoms with van der Waals surface area (Å²) in [4.78, 5) is 0. The zero-order chi connectivity index (χ0) is 9.10. The van der Waals surface area contributed by atoms with Crippen molar-refractivity contribution < 1.29 is 4.74 Å². The molecular formula is C11H21NO. The minimum Gasteiger partial charge on any atom is -0.378 e. The lowest BCUT2D eigenvalue weighted by Gasteiger charge is -2.34. The molecule has 1 aliphatic heterocycles. The molecule has 0 bridgehead atoms. The van der Waals surface area contributed by atoms with Crippen molar-refractivity contribution in [1.29, 1.82) is 0 Å². The SMILES string of the molecule is CNC(CC1CCCO1)C1CCC1. The zero-order valence-electron chi connectivity index (χ0n) is 8.59. The molecule has 0 aromatic rings. The molecule has 1 N–H and O–H groups in total. The molecule has 2 atom stereocenters. The average molecular weight is 183 g/mol. The second-order valence-electron chi connectivity index (χ2n) is 4.46. The number of hydrogen-bond donors (Lipinski definition) is 1. The fourth-order valence-electron chi connectivity index (χ4n) is 2.50. The molecule has 2 aliphatic rings. The summed E-state index contributed by atoms with van der Waals surface area (Å²) in [5.74, 6) is 0.939. The first-order valence-electron chi connectivity index (χ1n) is 5.69. The van der Waals surface area contributed by atoms with Gasteiger partial charge in [-0.2, -0.15) is 0 Å². The van der Waals surface area contributed by atoms with Crippen LogP contribution in [0.2, 0.25) is 0 Å². The van der Waals surface area contributed by atoms with Crippen LogP contribution in [0.5, 0.6) is 0 Å². The van der Waals surface area contributed by atoms with Gasteiger partial charge in [0.15, 0.2) is 0 Å². The van der Waals surface area contributed by atoms with Crippen molar-refractivity contribution in [3.63, 3.8) is 0 Å². The molecule has 0 aromatic carbocycles. The molecular weight excluding hydrogens is 162 g/mol. The van der Waals surface area contributed by atoms with Crippen LogP contribution in [-0.4, -0.2) is 25.8 Å². The van der Waals surface area contributed by atoms with Gasteiger partial charge >= 0.3 is 0 Å². The molecule has 13 heavy (non-hydrogen) atoms. The number of nitrogens with one attached hydrogen (secondary N) is 1. The van der Waals surface area contributed by atoms with Crippen molar-refractivity contribution >= 4 is 0 Å². The van der Waals surface area contributed by atoms with Crippen LogP contribution in [0, 0.1) is 5.92 Å². The van der Waals surface area contributed by atoms with Crippen LogP contribution in [0.1, 0.15) is 38.5 Å². The lowest BCUT2D eigenvalue weighted by Crippen LogP contribution is -2.39. The van der Waals surface area contributed by atoms with E-state index in [1.54, 1.807) is 0 Å². The van der Waals surface area contributed by atoms with E-state index in [1.165, 1.54) is 38.5 Å². The molecule has 1 saturated heterocycles. The minimum atomic E-state index is 0.554. The summed E-state index contributed by atoms with van der Waals surface area (Å²) in [6, 6.07) is 0.719. The van der Waals surface area contributed by atoms with Crippen LogP contribution in [0.3, 0.4) is 0 Å². The Morgan fingerprint density at radius 3 is 2.62 bits per heavy atom. The third-order valence-electron chi connectivity index (χ3n) is 3.63. The predicted molar refractivity (Wildman–Crippen MR) is 53.8 cm³/mol.